The van der Waals surface area contributed by atoms with Crippen molar-refractivity contribution in [3.63, 3.8) is 0 Å². The van der Waals surface area contributed by atoms with E-state index in [9.17, 15) is 10.1 Å². The van der Waals surface area contributed by atoms with Crippen molar-refractivity contribution in [2.45, 2.75) is 13.8 Å². The molecule has 0 atom stereocenters. The van der Waals surface area contributed by atoms with Gasteiger partial charge in [-0.25, -0.2) is 19.9 Å². The Kier molecular flexibility index (Phi) is 4.46. The van der Waals surface area contributed by atoms with Crippen LogP contribution in [0.3, 0.4) is 0 Å². The van der Waals surface area contributed by atoms with Gasteiger partial charge in [-0.3, -0.25) is 10.1 Å². The minimum Gasteiger partial charge on any atom is -0.319 e. The molecule has 0 aliphatic heterocycles. The molecule has 0 aliphatic rings. The van der Waals surface area contributed by atoms with E-state index in [0.29, 0.717) is 11.6 Å². The second-order valence-corrected chi connectivity index (χ2v) is 5.26. The van der Waals surface area contributed by atoms with Crippen LogP contribution in [0.2, 0.25) is 0 Å². The number of aryl methyl sites for hydroxylation is 2. The molecule has 0 bridgehead atoms. The van der Waals surface area contributed by atoms with E-state index >= 15 is 0 Å². The predicted octanol–water partition coefficient (Wildman–Crippen LogP) is 3.28. The highest BCUT2D eigenvalue weighted by Crippen LogP contribution is 2.32. The van der Waals surface area contributed by atoms with Gasteiger partial charge >= 0.3 is 5.69 Å². The fraction of sp³-hybridized carbons (Fsp3) is 0.125. The summed E-state index contributed by atoms with van der Waals surface area (Å²) in [6.07, 6.45) is 2.84. The van der Waals surface area contributed by atoms with Crippen molar-refractivity contribution in [1.82, 2.24) is 19.9 Å². The second-order valence-electron chi connectivity index (χ2n) is 5.26. The maximum Gasteiger partial charge on any atom is 0.354 e. The lowest BCUT2D eigenvalue weighted by Crippen LogP contribution is -2.07. The van der Waals surface area contributed by atoms with E-state index in [0.717, 1.165) is 11.3 Å². The number of hydrogen-bond donors (Lipinski definition) is 2. The molecule has 3 rings (SSSR count). The molecular formula is C16H15N7O2. The van der Waals surface area contributed by atoms with Crippen LogP contribution in [0.15, 0.2) is 42.9 Å². The maximum absolute atomic E-state index is 11.6. The van der Waals surface area contributed by atoms with Crippen LogP contribution in [-0.2, 0) is 0 Å². The van der Waals surface area contributed by atoms with Crippen LogP contribution in [0.5, 0.6) is 0 Å². The molecule has 0 aliphatic carbocycles. The van der Waals surface area contributed by atoms with E-state index < -0.39 is 4.92 Å². The summed E-state index contributed by atoms with van der Waals surface area (Å²) in [5.74, 6) is 1.05. The first-order chi connectivity index (χ1) is 12.0. The number of nitrogens with zero attached hydrogens (tertiary/aromatic N) is 5. The van der Waals surface area contributed by atoms with Crippen LogP contribution >= 0.6 is 0 Å². The normalized spacial score (nSPS) is 10.3. The average molecular weight is 337 g/mol. The lowest BCUT2D eigenvalue weighted by molar-refractivity contribution is -0.383. The Balaban J connectivity index is 2.00. The van der Waals surface area contributed by atoms with Crippen LogP contribution in [0.25, 0.3) is 0 Å². The van der Waals surface area contributed by atoms with Crippen LogP contribution in [0.1, 0.15) is 11.3 Å². The molecule has 0 spiro atoms. The zero-order valence-electron chi connectivity index (χ0n) is 13.6. The minimum absolute atomic E-state index is 0.0502. The molecule has 2 N–H and O–H groups in total. The predicted molar refractivity (Wildman–Crippen MR) is 93.2 cm³/mol. The van der Waals surface area contributed by atoms with Crippen LogP contribution in [-0.4, -0.2) is 24.9 Å². The molecule has 3 aromatic heterocycles. The molecule has 0 saturated carbocycles. The molecule has 0 saturated heterocycles. The first-order valence-corrected chi connectivity index (χ1v) is 7.43. The number of aromatic nitrogens is 4. The molecular weight excluding hydrogens is 322 g/mol. The fourth-order valence-electron chi connectivity index (χ4n) is 2.20. The van der Waals surface area contributed by atoms with Gasteiger partial charge in [0.25, 0.3) is 0 Å². The summed E-state index contributed by atoms with van der Waals surface area (Å²) in [5.41, 5.74) is 1.34. The Morgan fingerprint density at radius 3 is 2.40 bits per heavy atom. The second kappa shape index (κ2) is 6.87. The van der Waals surface area contributed by atoms with Gasteiger partial charge in [-0.05, 0) is 37.6 Å². The Bertz CT molecular complexity index is 930. The number of pyridine rings is 2. The van der Waals surface area contributed by atoms with Crippen LogP contribution in [0, 0.1) is 24.0 Å². The van der Waals surface area contributed by atoms with E-state index in [2.05, 4.69) is 30.6 Å². The summed E-state index contributed by atoms with van der Waals surface area (Å²) in [7, 11) is 0. The smallest absolute Gasteiger partial charge is 0.319 e. The zero-order chi connectivity index (χ0) is 17.8. The quantitative estimate of drug-likeness (QED) is 0.538. The Morgan fingerprint density at radius 2 is 1.72 bits per heavy atom. The van der Waals surface area contributed by atoms with Gasteiger partial charge in [-0.2, -0.15) is 0 Å². The van der Waals surface area contributed by atoms with Gasteiger partial charge in [0, 0.05) is 11.9 Å². The highest BCUT2D eigenvalue weighted by molar-refractivity contribution is 5.75. The number of rotatable bonds is 5. The van der Waals surface area contributed by atoms with E-state index in [1.165, 1.54) is 6.33 Å². The molecule has 3 heterocycles. The molecule has 126 valence electrons. The van der Waals surface area contributed by atoms with Gasteiger partial charge in [0.05, 0.1) is 4.92 Å². The van der Waals surface area contributed by atoms with Crippen molar-refractivity contribution in [3.8, 4) is 0 Å². The third-order valence-electron chi connectivity index (χ3n) is 3.39. The molecule has 0 radical (unpaired) electrons. The number of nitrogens with one attached hydrogen (secondary N) is 2. The highest BCUT2D eigenvalue weighted by atomic mass is 16.6. The Morgan fingerprint density at radius 1 is 0.960 bits per heavy atom. The van der Waals surface area contributed by atoms with Gasteiger partial charge in [0.15, 0.2) is 0 Å². The molecule has 3 aromatic rings. The fourth-order valence-corrected chi connectivity index (χ4v) is 2.20. The molecule has 9 nitrogen and oxygen atoms in total. The van der Waals surface area contributed by atoms with Crippen molar-refractivity contribution in [2.24, 2.45) is 0 Å². The van der Waals surface area contributed by atoms with Crippen LogP contribution in [0.4, 0.5) is 29.0 Å². The van der Waals surface area contributed by atoms with Gasteiger partial charge in [0.2, 0.25) is 11.6 Å². The standard InChI is InChI=1S/C16H15N7O2/c1-10-5-4-8-17-14(10)22-16-13(23(24)25)15(18-9-19-16)21-12-7-3-6-11(2)20-12/h3-9H,1-2H3,(H2,17,18,19,20,21,22). The third kappa shape index (κ3) is 3.66. The SMILES string of the molecule is Cc1cccc(Nc2ncnc(Nc3ncccc3C)c2[N+](=O)[O-])n1. The van der Waals surface area contributed by atoms with Crippen LogP contribution < -0.4 is 10.6 Å². The van der Waals surface area contributed by atoms with Crippen molar-refractivity contribution < 1.29 is 4.92 Å². The van der Waals surface area contributed by atoms with E-state index in [4.69, 9.17) is 0 Å². The first kappa shape index (κ1) is 16.2. The average Bonchev–Trinajstić information content (AvgIpc) is 2.57. The van der Waals surface area contributed by atoms with Crippen molar-refractivity contribution in [2.75, 3.05) is 10.6 Å². The van der Waals surface area contributed by atoms with E-state index in [-0.39, 0.29) is 17.3 Å². The lowest BCUT2D eigenvalue weighted by atomic mass is 10.3. The molecule has 0 amide bonds. The maximum atomic E-state index is 11.6. The monoisotopic (exact) mass is 337 g/mol. The van der Waals surface area contributed by atoms with Gasteiger partial charge in [-0.1, -0.05) is 12.1 Å². The number of anilines is 4. The van der Waals surface area contributed by atoms with Crippen molar-refractivity contribution in [3.05, 3.63) is 64.2 Å². The molecule has 0 unspecified atom stereocenters. The summed E-state index contributed by atoms with van der Waals surface area (Å²) in [6.45, 7) is 3.68. The Hall–Kier alpha value is -3.62. The van der Waals surface area contributed by atoms with E-state index in [1.807, 2.05) is 26.0 Å². The third-order valence-corrected chi connectivity index (χ3v) is 3.39. The number of hydrogen-bond acceptors (Lipinski definition) is 8. The largest absolute Gasteiger partial charge is 0.354 e. The molecule has 9 heteroatoms. The minimum atomic E-state index is -0.543. The molecule has 0 aromatic carbocycles. The summed E-state index contributed by atoms with van der Waals surface area (Å²) in [4.78, 5) is 27.5. The van der Waals surface area contributed by atoms with E-state index in [1.54, 1.807) is 24.4 Å². The first-order valence-electron chi connectivity index (χ1n) is 7.43. The molecule has 25 heavy (non-hydrogen) atoms. The van der Waals surface area contributed by atoms with Gasteiger partial charge in [-0.15, -0.1) is 0 Å². The van der Waals surface area contributed by atoms with Crippen molar-refractivity contribution >= 4 is 29.0 Å². The highest BCUT2D eigenvalue weighted by Gasteiger charge is 2.24. The topological polar surface area (TPSA) is 119 Å². The summed E-state index contributed by atoms with van der Waals surface area (Å²) < 4.78 is 0. The van der Waals surface area contributed by atoms with Gasteiger partial charge < -0.3 is 10.6 Å². The summed E-state index contributed by atoms with van der Waals surface area (Å²) in [6, 6.07) is 8.96. The van der Waals surface area contributed by atoms with Crippen molar-refractivity contribution in [1.29, 1.82) is 0 Å². The van der Waals surface area contributed by atoms with Gasteiger partial charge in [0.1, 0.15) is 18.0 Å². The zero-order valence-corrected chi connectivity index (χ0v) is 13.6. The summed E-state index contributed by atoms with van der Waals surface area (Å²) in [5, 5.41) is 17.3. The number of nitro groups is 1. The Labute approximate surface area is 143 Å². The molecule has 0 fully saturated rings. The lowest BCUT2D eigenvalue weighted by Gasteiger charge is -2.10. The summed E-state index contributed by atoms with van der Waals surface area (Å²) >= 11 is 0.